The van der Waals surface area contributed by atoms with E-state index < -0.39 is 21.6 Å². The summed E-state index contributed by atoms with van der Waals surface area (Å²) in [5.41, 5.74) is 5.60. The Morgan fingerprint density at radius 1 is 1.41 bits per heavy atom. The van der Waals surface area contributed by atoms with Crippen molar-refractivity contribution in [2.45, 2.75) is 18.2 Å². The van der Waals surface area contributed by atoms with Gasteiger partial charge in [-0.3, -0.25) is 4.79 Å². The summed E-state index contributed by atoms with van der Waals surface area (Å²) in [5, 5.41) is 0. The fraction of sp³-hybridized carbons (Fsp3) is 0.533. The predicted molar refractivity (Wildman–Crippen MR) is 81.4 cm³/mol. The Kier molecular flexibility index (Phi) is 5.18. The molecule has 2 rings (SSSR count). The number of nitrogens with two attached hydrogens (primary N) is 1. The summed E-state index contributed by atoms with van der Waals surface area (Å²) in [6, 6.07) is 4.65. The van der Waals surface area contributed by atoms with Crippen LogP contribution in [0.1, 0.15) is 13.3 Å². The van der Waals surface area contributed by atoms with Gasteiger partial charge in [0, 0.05) is 19.0 Å². The Balaban J connectivity index is 2.03. The minimum atomic E-state index is -3.61. The third kappa shape index (κ3) is 3.84. The minimum absolute atomic E-state index is 0.0369. The number of hydrogen-bond donors (Lipinski definition) is 1. The smallest absolute Gasteiger partial charge is 0.226 e. The number of carbonyl (C=O) groups is 1. The molecule has 22 heavy (non-hydrogen) atoms. The second-order valence-corrected chi connectivity index (χ2v) is 7.85. The average molecular weight is 328 g/mol. The van der Waals surface area contributed by atoms with E-state index in [1.54, 1.807) is 11.8 Å². The first kappa shape index (κ1) is 16.9. The van der Waals surface area contributed by atoms with Crippen LogP contribution in [-0.2, 0) is 14.6 Å². The highest BCUT2D eigenvalue weighted by Crippen LogP contribution is 2.20. The van der Waals surface area contributed by atoms with Crippen LogP contribution >= 0.6 is 0 Å². The molecule has 0 aliphatic carbocycles. The predicted octanol–water partition coefficient (Wildman–Crippen LogP) is 1.04. The summed E-state index contributed by atoms with van der Waals surface area (Å²) in [6.07, 6.45) is 0.861. The van der Waals surface area contributed by atoms with Crippen molar-refractivity contribution in [1.29, 1.82) is 0 Å². The van der Waals surface area contributed by atoms with Crippen LogP contribution in [0.5, 0.6) is 0 Å². The van der Waals surface area contributed by atoms with Gasteiger partial charge < -0.3 is 10.6 Å². The Labute approximate surface area is 130 Å². The average Bonchev–Trinajstić information content (AvgIpc) is 2.95. The van der Waals surface area contributed by atoms with E-state index in [9.17, 15) is 17.6 Å². The Hall–Kier alpha value is -1.47. The number of hydrogen-bond acceptors (Lipinski definition) is 4. The molecule has 2 atom stereocenters. The summed E-state index contributed by atoms with van der Waals surface area (Å²) in [5.74, 6) is -1.27. The minimum Gasteiger partial charge on any atom is -0.342 e. The fourth-order valence-electron chi connectivity index (χ4n) is 2.68. The number of rotatable bonds is 5. The molecule has 1 aromatic carbocycles. The van der Waals surface area contributed by atoms with E-state index >= 15 is 0 Å². The lowest BCUT2D eigenvalue weighted by molar-refractivity contribution is -0.133. The summed E-state index contributed by atoms with van der Waals surface area (Å²) in [4.78, 5) is 14.1. The van der Waals surface area contributed by atoms with Crippen molar-refractivity contribution in [3.8, 4) is 0 Å². The molecule has 1 aromatic rings. The Morgan fingerprint density at radius 2 is 2.05 bits per heavy atom. The van der Waals surface area contributed by atoms with E-state index in [0.29, 0.717) is 25.6 Å². The number of benzene rings is 1. The van der Waals surface area contributed by atoms with Gasteiger partial charge in [0.1, 0.15) is 5.82 Å². The normalized spacial score (nSPS) is 20.1. The Morgan fingerprint density at radius 3 is 2.59 bits per heavy atom. The zero-order chi connectivity index (χ0) is 16.3. The molecule has 0 unspecified atom stereocenters. The van der Waals surface area contributed by atoms with Gasteiger partial charge in [-0.1, -0.05) is 6.92 Å². The quantitative estimate of drug-likeness (QED) is 0.819. The highest BCUT2D eigenvalue weighted by atomic mass is 32.2. The third-order valence-corrected chi connectivity index (χ3v) is 5.92. The molecule has 0 aromatic heterocycles. The van der Waals surface area contributed by atoms with Gasteiger partial charge >= 0.3 is 0 Å². The van der Waals surface area contributed by atoms with Gasteiger partial charge in [-0.15, -0.1) is 0 Å². The molecule has 1 saturated heterocycles. The van der Waals surface area contributed by atoms with Crippen molar-refractivity contribution in [2.75, 3.05) is 25.4 Å². The van der Waals surface area contributed by atoms with Crippen molar-refractivity contribution in [3.63, 3.8) is 0 Å². The number of halogens is 1. The molecule has 7 heteroatoms. The monoisotopic (exact) mass is 328 g/mol. The van der Waals surface area contributed by atoms with E-state index in [0.717, 1.165) is 18.6 Å². The van der Waals surface area contributed by atoms with Crippen LogP contribution in [0.2, 0.25) is 0 Å². The standard InChI is InChI=1S/C15H21FN2O3S/c1-11(15(19)18-7-6-12(8-17)9-18)10-22(20,21)14-4-2-13(16)3-5-14/h2-5,11-12H,6-10,17H2,1H3/t11-,12-/m1/s1. The van der Waals surface area contributed by atoms with Crippen LogP contribution < -0.4 is 5.73 Å². The molecule has 0 radical (unpaired) electrons. The van der Waals surface area contributed by atoms with Crippen molar-refractivity contribution in [3.05, 3.63) is 30.1 Å². The van der Waals surface area contributed by atoms with Gasteiger partial charge in [0.2, 0.25) is 5.91 Å². The lowest BCUT2D eigenvalue weighted by Crippen LogP contribution is -2.36. The van der Waals surface area contributed by atoms with Crippen molar-refractivity contribution in [2.24, 2.45) is 17.6 Å². The van der Waals surface area contributed by atoms with E-state index in [1.165, 1.54) is 12.1 Å². The Bertz CT molecular complexity index is 631. The zero-order valence-electron chi connectivity index (χ0n) is 12.5. The van der Waals surface area contributed by atoms with Crippen LogP contribution in [0.3, 0.4) is 0 Å². The van der Waals surface area contributed by atoms with Gasteiger partial charge in [-0.05, 0) is 43.1 Å². The first-order valence-corrected chi connectivity index (χ1v) is 8.96. The van der Waals surface area contributed by atoms with Crippen molar-refractivity contribution < 1.29 is 17.6 Å². The second kappa shape index (κ2) is 6.75. The molecule has 1 aliphatic heterocycles. The van der Waals surface area contributed by atoms with Crippen LogP contribution in [-0.4, -0.2) is 44.6 Å². The molecule has 1 heterocycles. The summed E-state index contributed by atoms with van der Waals surface area (Å²) in [7, 11) is -3.61. The van der Waals surface area contributed by atoms with Gasteiger partial charge in [-0.25, -0.2) is 12.8 Å². The van der Waals surface area contributed by atoms with Gasteiger partial charge in [-0.2, -0.15) is 0 Å². The number of sulfone groups is 1. The van der Waals surface area contributed by atoms with E-state index in [2.05, 4.69) is 0 Å². The highest BCUT2D eigenvalue weighted by Gasteiger charge is 2.31. The summed E-state index contributed by atoms with van der Waals surface area (Å²) < 4.78 is 37.4. The molecular formula is C15H21FN2O3S. The summed E-state index contributed by atoms with van der Waals surface area (Å²) in [6.45, 7) is 3.36. The second-order valence-electron chi connectivity index (χ2n) is 5.81. The highest BCUT2D eigenvalue weighted by molar-refractivity contribution is 7.91. The van der Waals surface area contributed by atoms with Crippen LogP contribution in [0.25, 0.3) is 0 Å². The van der Waals surface area contributed by atoms with E-state index in [4.69, 9.17) is 5.73 Å². The maximum Gasteiger partial charge on any atom is 0.226 e. The SMILES string of the molecule is C[C@H](CS(=O)(=O)c1ccc(F)cc1)C(=O)N1CC[C@H](CN)C1. The molecule has 1 amide bonds. The zero-order valence-corrected chi connectivity index (χ0v) is 13.4. The van der Waals surface area contributed by atoms with Crippen LogP contribution in [0.15, 0.2) is 29.2 Å². The van der Waals surface area contributed by atoms with Gasteiger partial charge in [0.25, 0.3) is 0 Å². The fourth-order valence-corrected chi connectivity index (χ4v) is 4.22. The molecule has 2 N–H and O–H groups in total. The number of carbonyl (C=O) groups excluding carboxylic acids is 1. The molecule has 0 saturated carbocycles. The molecule has 122 valence electrons. The van der Waals surface area contributed by atoms with Gasteiger partial charge in [0.15, 0.2) is 9.84 Å². The number of nitrogens with zero attached hydrogens (tertiary/aromatic N) is 1. The van der Waals surface area contributed by atoms with E-state index in [-0.39, 0.29) is 16.6 Å². The molecule has 0 spiro atoms. The molecule has 1 aliphatic rings. The van der Waals surface area contributed by atoms with Crippen molar-refractivity contribution >= 4 is 15.7 Å². The first-order valence-electron chi connectivity index (χ1n) is 7.30. The number of amides is 1. The molecular weight excluding hydrogens is 307 g/mol. The van der Waals surface area contributed by atoms with Crippen LogP contribution in [0, 0.1) is 17.7 Å². The number of likely N-dealkylation sites (tertiary alicyclic amines) is 1. The lowest BCUT2D eigenvalue weighted by atomic mass is 10.1. The van der Waals surface area contributed by atoms with Crippen molar-refractivity contribution in [1.82, 2.24) is 4.90 Å². The maximum atomic E-state index is 12.9. The maximum absolute atomic E-state index is 12.9. The van der Waals surface area contributed by atoms with E-state index in [1.807, 2.05) is 0 Å². The molecule has 5 nitrogen and oxygen atoms in total. The molecule has 1 fully saturated rings. The van der Waals surface area contributed by atoms with Crippen LogP contribution in [0.4, 0.5) is 4.39 Å². The molecule has 0 bridgehead atoms. The van der Waals surface area contributed by atoms with Gasteiger partial charge in [0.05, 0.1) is 10.6 Å². The first-order chi connectivity index (χ1) is 10.3. The topological polar surface area (TPSA) is 80.5 Å². The summed E-state index contributed by atoms with van der Waals surface area (Å²) >= 11 is 0. The lowest BCUT2D eigenvalue weighted by Gasteiger charge is -2.21. The largest absolute Gasteiger partial charge is 0.342 e. The third-order valence-electron chi connectivity index (χ3n) is 3.99.